The zero-order valence-electron chi connectivity index (χ0n) is 21.7. The van der Waals surface area contributed by atoms with Gasteiger partial charge in [0.05, 0.1) is 17.3 Å². The van der Waals surface area contributed by atoms with Gasteiger partial charge in [-0.15, -0.1) is 11.3 Å². The summed E-state index contributed by atoms with van der Waals surface area (Å²) in [4.78, 5) is 30.6. The van der Waals surface area contributed by atoms with E-state index in [1.165, 1.54) is 4.88 Å². The Kier molecular flexibility index (Phi) is 7.04. The van der Waals surface area contributed by atoms with E-state index in [1.54, 1.807) is 41.8 Å². The van der Waals surface area contributed by atoms with E-state index in [0.717, 1.165) is 36.1 Å². The molecule has 1 amide bonds. The lowest BCUT2D eigenvalue weighted by molar-refractivity contribution is 0.0696. The zero-order chi connectivity index (χ0) is 26.9. The lowest BCUT2D eigenvalue weighted by Crippen LogP contribution is -2.27. The van der Waals surface area contributed by atoms with Crippen molar-refractivity contribution in [1.29, 1.82) is 0 Å². The fraction of sp³-hybridized carbons (Fsp3) is 0.258. The molecular weight excluding hydrogens is 496 g/mol. The molecule has 0 unspecified atom stereocenters. The molecule has 0 fully saturated rings. The number of hydrogen-bond acceptors (Lipinski definition) is 5. The van der Waals surface area contributed by atoms with Crippen LogP contribution >= 0.6 is 11.3 Å². The molecule has 1 atom stereocenters. The van der Waals surface area contributed by atoms with Crippen molar-refractivity contribution in [3.8, 4) is 11.3 Å². The van der Waals surface area contributed by atoms with Gasteiger partial charge in [0, 0.05) is 16.1 Å². The summed E-state index contributed by atoms with van der Waals surface area (Å²) in [5.41, 5.74) is 3.70. The van der Waals surface area contributed by atoms with Crippen molar-refractivity contribution in [2.24, 2.45) is 16.3 Å². The van der Waals surface area contributed by atoms with E-state index >= 15 is 0 Å². The molecule has 1 aliphatic rings. The fourth-order valence-electron chi connectivity index (χ4n) is 4.83. The van der Waals surface area contributed by atoms with Crippen LogP contribution in [0.15, 0.2) is 76.1 Å². The van der Waals surface area contributed by atoms with Crippen LogP contribution < -0.4 is 5.32 Å². The summed E-state index contributed by atoms with van der Waals surface area (Å²) in [5, 5.41) is 12.8. The molecule has 2 N–H and O–H groups in total. The Morgan fingerprint density at radius 1 is 1.05 bits per heavy atom. The number of anilines is 1. The van der Waals surface area contributed by atoms with Gasteiger partial charge in [0.25, 0.3) is 5.91 Å². The molecule has 0 saturated heterocycles. The SMILES string of the molecule is CC(C)(C)[C@@H]1CCc2c(sc(N=Cc3ccc(-c4ccc(C(=O)O)cc4)o3)c2C(=O)Nc2ccccc2)C1. The number of carbonyl (C=O) groups excluding carboxylic acids is 1. The molecule has 0 bridgehead atoms. The monoisotopic (exact) mass is 526 g/mol. The summed E-state index contributed by atoms with van der Waals surface area (Å²) < 4.78 is 5.96. The number of aliphatic imine (C=N–C) groups is 1. The average Bonchev–Trinajstić information content (AvgIpc) is 3.51. The van der Waals surface area contributed by atoms with E-state index in [2.05, 4.69) is 26.1 Å². The maximum atomic E-state index is 13.5. The third-order valence-corrected chi connectivity index (χ3v) is 8.24. The van der Waals surface area contributed by atoms with Gasteiger partial charge in [0.2, 0.25) is 0 Å². The molecular formula is C31H30N2O4S. The summed E-state index contributed by atoms with van der Waals surface area (Å²) in [5.74, 6) is 0.604. The Balaban J connectivity index is 1.44. The van der Waals surface area contributed by atoms with Crippen LogP contribution in [0.3, 0.4) is 0 Å². The molecule has 0 saturated carbocycles. The Hall–Kier alpha value is -3.97. The molecule has 38 heavy (non-hydrogen) atoms. The van der Waals surface area contributed by atoms with Crippen LogP contribution in [0.5, 0.6) is 0 Å². The minimum Gasteiger partial charge on any atom is -0.478 e. The highest BCUT2D eigenvalue weighted by Crippen LogP contribution is 2.45. The number of nitrogens with one attached hydrogen (secondary N) is 1. The lowest BCUT2D eigenvalue weighted by Gasteiger charge is -2.33. The molecule has 0 spiro atoms. The van der Waals surface area contributed by atoms with Gasteiger partial charge in [0.15, 0.2) is 0 Å². The molecule has 7 heteroatoms. The van der Waals surface area contributed by atoms with E-state index < -0.39 is 5.97 Å². The summed E-state index contributed by atoms with van der Waals surface area (Å²) in [6.07, 6.45) is 4.50. The van der Waals surface area contributed by atoms with Crippen LogP contribution in [0, 0.1) is 11.3 Å². The van der Waals surface area contributed by atoms with Gasteiger partial charge in [-0.1, -0.05) is 51.1 Å². The Bertz CT molecular complexity index is 1490. The van der Waals surface area contributed by atoms with E-state index in [4.69, 9.17) is 14.5 Å². The molecule has 0 aliphatic heterocycles. The highest BCUT2D eigenvalue weighted by molar-refractivity contribution is 7.16. The summed E-state index contributed by atoms with van der Waals surface area (Å²) in [6.45, 7) is 6.84. The van der Waals surface area contributed by atoms with Crippen molar-refractivity contribution < 1.29 is 19.1 Å². The Morgan fingerprint density at radius 3 is 2.47 bits per heavy atom. The van der Waals surface area contributed by atoms with Gasteiger partial charge < -0.3 is 14.8 Å². The molecule has 4 aromatic rings. The fourth-order valence-corrected chi connectivity index (χ4v) is 6.10. The predicted octanol–water partition coefficient (Wildman–Crippen LogP) is 7.86. The molecule has 6 nitrogen and oxygen atoms in total. The molecule has 2 aromatic heterocycles. The third kappa shape index (κ3) is 5.48. The van der Waals surface area contributed by atoms with Crippen LogP contribution in [0.4, 0.5) is 10.7 Å². The quantitative estimate of drug-likeness (QED) is 0.250. The number of aromatic carboxylic acids is 1. The third-order valence-electron chi connectivity index (χ3n) is 7.08. The number of carboxylic acids is 1. The largest absolute Gasteiger partial charge is 0.478 e. The van der Waals surface area contributed by atoms with Crippen molar-refractivity contribution >= 4 is 40.1 Å². The van der Waals surface area contributed by atoms with Crippen molar-refractivity contribution in [1.82, 2.24) is 0 Å². The standard InChI is InChI=1S/C31H30N2O4S/c1-31(2,3)21-13-15-24-26(17-21)38-29(27(24)28(34)33-22-7-5-4-6-8-22)32-18-23-14-16-25(37-23)19-9-11-20(12-10-19)30(35)36/h4-12,14,16,18,21H,13,15,17H2,1-3H3,(H,33,34)(H,35,36)/t21-/m1/s1. The van der Waals surface area contributed by atoms with E-state index in [-0.39, 0.29) is 16.9 Å². The second-order valence-corrected chi connectivity index (χ2v) is 11.7. The van der Waals surface area contributed by atoms with E-state index in [0.29, 0.717) is 28.0 Å². The minimum absolute atomic E-state index is 0.145. The lowest BCUT2D eigenvalue weighted by atomic mass is 9.72. The van der Waals surface area contributed by atoms with Gasteiger partial charge in [-0.05, 0) is 72.6 Å². The van der Waals surface area contributed by atoms with Crippen molar-refractivity contribution in [3.05, 3.63) is 94.1 Å². The zero-order valence-corrected chi connectivity index (χ0v) is 22.5. The smallest absolute Gasteiger partial charge is 0.335 e. The minimum atomic E-state index is -0.969. The first kappa shape index (κ1) is 25.7. The first-order valence-electron chi connectivity index (χ1n) is 12.7. The first-order valence-corrected chi connectivity index (χ1v) is 13.5. The summed E-state index contributed by atoms with van der Waals surface area (Å²) in [6, 6.07) is 19.6. The summed E-state index contributed by atoms with van der Waals surface area (Å²) >= 11 is 1.59. The van der Waals surface area contributed by atoms with Gasteiger partial charge in [0.1, 0.15) is 16.5 Å². The topological polar surface area (TPSA) is 91.9 Å². The normalized spacial score (nSPS) is 15.4. The molecule has 5 rings (SSSR count). The number of rotatable bonds is 6. The molecule has 2 aromatic carbocycles. The van der Waals surface area contributed by atoms with Crippen LogP contribution in [-0.4, -0.2) is 23.2 Å². The number of amides is 1. The number of hydrogen-bond donors (Lipinski definition) is 2. The highest BCUT2D eigenvalue weighted by Gasteiger charge is 2.33. The molecule has 2 heterocycles. The number of furan rings is 1. The highest BCUT2D eigenvalue weighted by atomic mass is 32.1. The summed E-state index contributed by atoms with van der Waals surface area (Å²) in [7, 11) is 0. The Morgan fingerprint density at radius 2 is 1.79 bits per heavy atom. The van der Waals surface area contributed by atoms with Crippen molar-refractivity contribution in [2.75, 3.05) is 5.32 Å². The second kappa shape index (κ2) is 10.4. The van der Waals surface area contributed by atoms with Gasteiger partial charge >= 0.3 is 5.97 Å². The van der Waals surface area contributed by atoms with Gasteiger partial charge in [-0.2, -0.15) is 0 Å². The maximum Gasteiger partial charge on any atom is 0.335 e. The Labute approximate surface area is 226 Å². The van der Waals surface area contributed by atoms with Crippen LogP contribution in [-0.2, 0) is 12.8 Å². The van der Waals surface area contributed by atoms with Crippen molar-refractivity contribution in [3.63, 3.8) is 0 Å². The van der Waals surface area contributed by atoms with Crippen molar-refractivity contribution in [2.45, 2.75) is 40.0 Å². The number of nitrogens with zero attached hydrogens (tertiary/aromatic N) is 1. The predicted molar refractivity (Wildman–Crippen MR) is 152 cm³/mol. The van der Waals surface area contributed by atoms with Gasteiger partial charge in [-0.25, -0.2) is 9.79 Å². The number of thiophene rings is 1. The van der Waals surface area contributed by atoms with Crippen LogP contribution in [0.25, 0.3) is 11.3 Å². The second-order valence-electron chi connectivity index (χ2n) is 10.7. The molecule has 1 aliphatic carbocycles. The van der Waals surface area contributed by atoms with Gasteiger partial charge in [-0.3, -0.25) is 4.79 Å². The number of para-hydroxylation sites is 1. The maximum absolute atomic E-state index is 13.5. The number of carbonyl (C=O) groups is 2. The molecule has 194 valence electrons. The van der Waals surface area contributed by atoms with Crippen LogP contribution in [0.2, 0.25) is 0 Å². The molecule has 0 radical (unpaired) electrons. The first-order chi connectivity index (χ1) is 18.2. The van der Waals surface area contributed by atoms with E-state index in [9.17, 15) is 9.59 Å². The number of benzene rings is 2. The number of carboxylic acid groups (broad SMARTS) is 1. The van der Waals surface area contributed by atoms with E-state index in [1.807, 2.05) is 42.5 Å². The number of fused-ring (bicyclic) bond motifs is 1. The van der Waals surface area contributed by atoms with Crippen LogP contribution in [0.1, 0.15) is 64.1 Å². The average molecular weight is 527 g/mol.